The van der Waals surface area contributed by atoms with Crippen LogP contribution in [0.25, 0.3) is 11.5 Å². The number of nitrogens with one attached hydrogen (secondary N) is 1. The summed E-state index contributed by atoms with van der Waals surface area (Å²) in [5, 5.41) is 11.7. The van der Waals surface area contributed by atoms with Crippen molar-refractivity contribution in [3.05, 3.63) is 59.0 Å². The lowest BCUT2D eigenvalue weighted by molar-refractivity contribution is 0.00152. The third kappa shape index (κ3) is 6.38. The van der Waals surface area contributed by atoms with E-state index in [1.807, 2.05) is 41.5 Å². The summed E-state index contributed by atoms with van der Waals surface area (Å²) in [6, 6.07) is 4.82. The van der Waals surface area contributed by atoms with Gasteiger partial charge in [-0.1, -0.05) is 18.1 Å². The summed E-state index contributed by atoms with van der Waals surface area (Å²) in [7, 11) is -2.60. The third-order valence-corrected chi connectivity index (χ3v) is 8.29. The predicted octanol–water partition coefficient (Wildman–Crippen LogP) is 4.35. The number of pyridine rings is 1. The number of hydrogen-bond acceptors (Lipinski definition) is 11. The van der Waals surface area contributed by atoms with Crippen molar-refractivity contribution in [3.8, 4) is 17.4 Å². The van der Waals surface area contributed by atoms with Gasteiger partial charge in [-0.2, -0.15) is 0 Å². The average molecular weight is 585 g/mol. The minimum absolute atomic E-state index is 0.0106. The Morgan fingerprint density at radius 3 is 2.37 bits per heavy atom. The van der Waals surface area contributed by atoms with Crippen LogP contribution in [0.2, 0.25) is 0 Å². The van der Waals surface area contributed by atoms with Crippen molar-refractivity contribution >= 4 is 16.0 Å². The predicted molar refractivity (Wildman–Crippen MR) is 152 cm³/mol. The summed E-state index contributed by atoms with van der Waals surface area (Å²) >= 11 is 0. The summed E-state index contributed by atoms with van der Waals surface area (Å²) < 4.78 is 49.0. The van der Waals surface area contributed by atoms with Gasteiger partial charge in [0.05, 0.1) is 24.9 Å². The maximum atomic E-state index is 13.9. The van der Waals surface area contributed by atoms with Crippen molar-refractivity contribution in [1.29, 1.82) is 0 Å². The molecule has 0 spiro atoms. The zero-order chi connectivity index (χ0) is 29.9. The molecule has 4 rings (SSSR count). The second kappa shape index (κ2) is 12.3. The summed E-state index contributed by atoms with van der Waals surface area (Å²) in [5.41, 5.74) is 2.78. The lowest BCUT2D eigenvalue weighted by Gasteiger charge is -2.26. The average Bonchev–Trinajstić information content (AvgIpc) is 3.50. The molecule has 2 unspecified atom stereocenters. The molecule has 3 atom stereocenters. The largest absolute Gasteiger partial charge is 0.481 e. The third-order valence-electron chi connectivity index (χ3n) is 6.60. The molecule has 0 saturated heterocycles. The number of hydrogen-bond donors (Lipinski definition) is 1. The van der Waals surface area contributed by atoms with Gasteiger partial charge in [0, 0.05) is 24.0 Å². The van der Waals surface area contributed by atoms with Crippen LogP contribution in [0.3, 0.4) is 0 Å². The molecule has 0 radical (unpaired) electrons. The van der Waals surface area contributed by atoms with E-state index in [1.54, 1.807) is 42.1 Å². The van der Waals surface area contributed by atoms with Crippen LogP contribution in [0.1, 0.15) is 74.7 Å². The molecule has 1 N–H and O–H groups in total. The first kappa shape index (κ1) is 30.1. The van der Waals surface area contributed by atoms with E-state index >= 15 is 0 Å². The normalized spacial score (nSPS) is 14.2. The van der Waals surface area contributed by atoms with E-state index in [0.29, 0.717) is 35.3 Å². The van der Waals surface area contributed by atoms with Crippen LogP contribution in [-0.4, -0.2) is 61.8 Å². The number of sulfonamides is 1. The molecule has 0 aliphatic heterocycles. The van der Waals surface area contributed by atoms with Gasteiger partial charge in [0.25, 0.3) is 0 Å². The van der Waals surface area contributed by atoms with Crippen LogP contribution in [0.15, 0.2) is 35.1 Å². The van der Waals surface area contributed by atoms with Gasteiger partial charge in [-0.15, -0.1) is 10.2 Å². The minimum atomic E-state index is -4.11. The zero-order valence-corrected chi connectivity index (χ0v) is 25.3. The Hall–Kier alpha value is -3.91. The van der Waals surface area contributed by atoms with E-state index < -0.39 is 27.4 Å². The van der Waals surface area contributed by atoms with E-state index in [0.717, 1.165) is 11.1 Å². The highest BCUT2D eigenvalue weighted by molar-refractivity contribution is 7.93. The first-order valence-electron chi connectivity index (χ1n) is 13.3. The lowest BCUT2D eigenvalue weighted by Crippen LogP contribution is -2.35. The maximum absolute atomic E-state index is 13.9. The Morgan fingerprint density at radius 2 is 1.78 bits per heavy atom. The highest BCUT2D eigenvalue weighted by atomic mass is 32.2. The van der Waals surface area contributed by atoms with Crippen molar-refractivity contribution in [3.63, 3.8) is 0 Å². The van der Waals surface area contributed by atoms with Crippen LogP contribution < -0.4 is 9.46 Å². The van der Waals surface area contributed by atoms with Crippen molar-refractivity contribution in [1.82, 2.24) is 34.9 Å². The molecule has 14 heteroatoms. The van der Waals surface area contributed by atoms with Gasteiger partial charge in [-0.05, 0) is 59.6 Å². The van der Waals surface area contributed by atoms with Crippen LogP contribution in [-0.2, 0) is 14.8 Å². The summed E-state index contributed by atoms with van der Waals surface area (Å²) in [5.74, 6) is 1.61. The highest BCUT2D eigenvalue weighted by Crippen LogP contribution is 2.35. The van der Waals surface area contributed by atoms with E-state index in [-0.39, 0.29) is 17.9 Å². The number of aromatic nitrogens is 7. The quantitative estimate of drug-likeness (QED) is 0.252. The van der Waals surface area contributed by atoms with E-state index in [2.05, 4.69) is 35.0 Å². The molecule has 4 aromatic rings. The first-order chi connectivity index (χ1) is 19.5. The second-order valence-corrected chi connectivity index (χ2v) is 12.1. The van der Waals surface area contributed by atoms with Gasteiger partial charge in [0.1, 0.15) is 22.8 Å². The summed E-state index contributed by atoms with van der Waals surface area (Å²) in [6.45, 7) is 12.7. The molecule has 0 amide bonds. The van der Waals surface area contributed by atoms with Crippen molar-refractivity contribution in [2.24, 2.45) is 0 Å². The molecule has 0 fully saturated rings. The molecular weight excluding hydrogens is 548 g/mol. The number of rotatable bonds is 12. The number of nitrogens with zero attached hydrogens (tertiary/aromatic N) is 7. The molecular formula is C27H36N8O5S. The molecule has 0 aliphatic carbocycles. The molecule has 0 saturated carbocycles. The minimum Gasteiger partial charge on any atom is -0.481 e. The van der Waals surface area contributed by atoms with Gasteiger partial charge in [0.2, 0.25) is 21.9 Å². The van der Waals surface area contributed by atoms with Crippen LogP contribution in [0, 0.1) is 20.8 Å². The maximum Gasteiger partial charge on any atom is 0.240 e. The van der Waals surface area contributed by atoms with Gasteiger partial charge < -0.3 is 14.0 Å². The standard InChI is InChI=1S/C27H36N8O5S/c1-9-21(23-17(5)33-40-18(23)6)35-26(20-11-10-12-22(30-20)38-8)31-32-27(35)34-41(36,37)19(7)24(39-15(2)3)25-28-13-16(4)14-29-25/h10-15,19,21,24H,9H2,1-8H3,(H,32,34)/t19?,21-,24?/m0/s1. The van der Waals surface area contributed by atoms with Gasteiger partial charge in [0.15, 0.2) is 11.6 Å². The molecule has 4 aromatic heterocycles. The Labute approximate surface area is 239 Å². The van der Waals surface area contributed by atoms with E-state index in [9.17, 15) is 8.42 Å². The first-order valence-corrected chi connectivity index (χ1v) is 14.9. The molecule has 0 aliphatic rings. The van der Waals surface area contributed by atoms with Crippen molar-refractivity contribution in [2.75, 3.05) is 11.8 Å². The number of aryl methyl sites for hydroxylation is 3. The van der Waals surface area contributed by atoms with Crippen molar-refractivity contribution in [2.45, 2.75) is 78.4 Å². The Bertz CT molecular complexity index is 1560. The summed E-state index contributed by atoms with van der Waals surface area (Å²) in [6.07, 6.45) is 2.60. The molecule has 13 nitrogen and oxygen atoms in total. The topological polar surface area (TPSA) is 160 Å². The summed E-state index contributed by atoms with van der Waals surface area (Å²) in [4.78, 5) is 13.2. The van der Waals surface area contributed by atoms with Crippen LogP contribution >= 0.6 is 0 Å². The SMILES string of the molecule is CC[C@@H](c1c(C)noc1C)n1c(NS(=O)(=O)C(C)C(OC(C)C)c2ncc(C)cn2)nnc1-c1cccc(OC)n1. The lowest BCUT2D eigenvalue weighted by atomic mass is 10.0. The highest BCUT2D eigenvalue weighted by Gasteiger charge is 2.36. The second-order valence-electron chi connectivity index (χ2n) is 10.0. The van der Waals surface area contributed by atoms with Gasteiger partial charge in [-0.25, -0.2) is 23.4 Å². The fourth-order valence-electron chi connectivity index (χ4n) is 4.57. The molecule has 0 bridgehead atoms. The monoisotopic (exact) mass is 584 g/mol. The van der Waals surface area contributed by atoms with Gasteiger partial charge in [-0.3, -0.25) is 9.29 Å². The van der Waals surface area contributed by atoms with Crippen molar-refractivity contribution < 1.29 is 22.4 Å². The molecule has 41 heavy (non-hydrogen) atoms. The molecule has 4 heterocycles. The van der Waals surface area contributed by atoms with Gasteiger partial charge >= 0.3 is 0 Å². The fraction of sp³-hybridized carbons (Fsp3) is 0.481. The van der Waals surface area contributed by atoms with Crippen LogP contribution in [0.5, 0.6) is 5.88 Å². The molecule has 220 valence electrons. The number of methoxy groups -OCH3 is 1. The van der Waals surface area contributed by atoms with E-state index in [4.69, 9.17) is 14.0 Å². The Morgan fingerprint density at radius 1 is 1.07 bits per heavy atom. The smallest absolute Gasteiger partial charge is 0.240 e. The number of anilines is 1. The van der Waals surface area contributed by atoms with E-state index in [1.165, 1.54) is 7.11 Å². The van der Waals surface area contributed by atoms with Crippen LogP contribution in [0.4, 0.5) is 5.95 Å². The number of ether oxygens (including phenoxy) is 2. The Balaban J connectivity index is 1.82. The fourth-order valence-corrected chi connectivity index (χ4v) is 5.66. The Kier molecular flexibility index (Phi) is 9.02. The molecule has 0 aromatic carbocycles. The zero-order valence-electron chi connectivity index (χ0n) is 24.5.